The van der Waals surface area contributed by atoms with Gasteiger partial charge >= 0.3 is 8.25 Å². The number of anilines is 1. The highest BCUT2D eigenvalue weighted by Gasteiger charge is 2.52. The highest BCUT2D eigenvalue weighted by molar-refractivity contribution is 7.30. The Labute approximate surface area is 323 Å². The molecule has 0 N–H and O–H groups in total. The second-order valence-corrected chi connectivity index (χ2v) is 14.2. The molecule has 0 saturated carbocycles. The van der Waals surface area contributed by atoms with E-state index in [-0.39, 0.29) is 12.5 Å². The first-order valence-electron chi connectivity index (χ1n) is 18.1. The van der Waals surface area contributed by atoms with E-state index in [9.17, 15) is 14.3 Å². The summed E-state index contributed by atoms with van der Waals surface area (Å²) in [6.45, 7) is 0.140. The van der Waals surface area contributed by atoms with E-state index < -0.39 is 38.5 Å². The molecule has 1 amide bonds. The van der Waals surface area contributed by atoms with Crippen LogP contribution >= 0.6 is 8.25 Å². The van der Waals surface area contributed by atoms with E-state index in [2.05, 4.69) is 9.97 Å². The number of aromatic nitrogens is 3. The van der Waals surface area contributed by atoms with E-state index in [1.807, 2.05) is 84.9 Å². The van der Waals surface area contributed by atoms with E-state index in [0.717, 1.165) is 22.3 Å². The predicted molar refractivity (Wildman–Crippen MR) is 204 cm³/mol. The van der Waals surface area contributed by atoms with Gasteiger partial charge in [-0.15, -0.1) is 4.52 Å². The minimum absolute atomic E-state index is 0.216. The second kappa shape index (κ2) is 15.9. The Hall–Kier alpha value is -5.56. The molecule has 0 radical (unpaired) electrons. The third-order valence-corrected chi connectivity index (χ3v) is 10.8. The van der Waals surface area contributed by atoms with E-state index in [4.69, 9.17) is 23.5 Å². The Morgan fingerprint density at radius 1 is 0.893 bits per heavy atom. The number of amides is 1. The maximum atomic E-state index is 16.8. The standard InChI is InChI=1S/C42H38FN4O8P/c1-51-32-19-15-30(16-20-32)42(29-13-7-4-8-14-29,31-17-21-33(52-2)22-18-31)53-25-34-37(55-56(49)50)36(43)41(54-34)47-24-28-12-9-23-46(38-35(28)39(47)45-26-44-38)40(48)27-10-5-3-6-11-27/h3-8,10-11,13-22,24,26,34,36-37,41H,9,12,23,25H2,1-2H3/t34-,36-,37-,41-/m1/s1. The van der Waals surface area contributed by atoms with Crippen LogP contribution in [-0.4, -0.2) is 66.2 Å². The fraction of sp³-hybridized carbons (Fsp3) is 0.262. The van der Waals surface area contributed by atoms with Crippen molar-refractivity contribution in [1.82, 2.24) is 14.5 Å². The van der Waals surface area contributed by atoms with Crippen molar-refractivity contribution in [2.24, 2.45) is 0 Å². The summed E-state index contributed by atoms with van der Waals surface area (Å²) in [5.74, 6) is 1.47. The molecule has 5 atom stereocenters. The van der Waals surface area contributed by atoms with Crippen molar-refractivity contribution < 1.29 is 42.1 Å². The number of methoxy groups -OCH3 is 2. The van der Waals surface area contributed by atoms with Gasteiger partial charge in [0.1, 0.15) is 41.0 Å². The van der Waals surface area contributed by atoms with Crippen molar-refractivity contribution in [2.75, 3.05) is 32.3 Å². The lowest BCUT2D eigenvalue weighted by Crippen LogP contribution is -2.39. The van der Waals surface area contributed by atoms with Gasteiger partial charge in [0.2, 0.25) is 0 Å². The lowest BCUT2D eigenvalue weighted by molar-refractivity contribution is -0.193. The molecule has 2 aliphatic heterocycles. The van der Waals surface area contributed by atoms with Gasteiger partial charge in [0.25, 0.3) is 5.91 Å². The molecule has 6 aromatic rings. The first-order chi connectivity index (χ1) is 27.3. The lowest BCUT2D eigenvalue weighted by atomic mass is 9.80. The van der Waals surface area contributed by atoms with Crippen LogP contribution in [0.2, 0.25) is 0 Å². The molecular weight excluding hydrogens is 738 g/mol. The van der Waals surface area contributed by atoms with Crippen LogP contribution in [0.15, 0.2) is 122 Å². The van der Waals surface area contributed by atoms with Crippen molar-refractivity contribution in [3.63, 3.8) is 0 Å². The summed E-state index contributed by atoms with van der Waals surface area (Å²) >= 11 is 0. The Balaban J connectivity index is 1.18. The molecule has 4 aromatic carbocycles. The van der Waals surface area contributed by atoms with E-state index in [1.165, 1.54) is 6.33 Å². The number of aryl methyl sites for hydroxylation is 1. The molecular formula is C42H38FN4O8P. The van der Waals surface area contributed by atoms with Crippen molar-refractivity contribution in [2.45, 2.75) is 43.1 Å². The molecule has 0 bridgehead atoms. The number of rotatable bonds is 12. The van der Waals surface area contributed by atoms with Crippen molar-refractivity contribution in [3.05, 3.63) is 150 Å². The topological polar surface area (TPSA) is 137 Å². The van der Waals surface area contributed by atoms with Gasteiger partial charge in [0, 0.05) is 18.3 Å². The van der Waals surface area contributed by atoms with Crippen LogP contribution in [0, 0.1) is 0 Å². The van der Waals surface area contributed by atoms with Crippen LogP contribution in [0.4, 0.5) is 10.2 Å². The van der Waals surface area contributed by atoms with Gasteiger partial charge in [0.05, 0.1) is 26.2 Å². The molecule has 14 heteroatoms. The van der Waals surface area contributed by atoms with Gasteiger partial charge in [-0.25, -0.2) is 14.4 Å². The summed E-state index contributed by atoms with van der Waals surface area (Å²) in [6, 6.07) is 33.3. The molecule has 2 aliphatic rings. The van der Waals surface area contributed by atoms with Crippen LogP contribution in [0.1, 0.15) is 45.3 Å². The first kappa shape index (κ1) is 37.4. The van der Waals surface area contributed by atoms with E-state index in [0.29, 0.717) is 53.3 Å². The smallest absolute Gasteiger partial charge is 0.488 e. The second-order valence-electron chi connectivity index (χ2n) is 13.5. The number of benzene rings is 4. The number of ether oxygens (including phenoxy) is 4. The van der Waals surface area contributed by atoms with E-state index >= 15 is 4.39 Å². The fourth-order valence-electron chi connectivity index (χ4n) is 7.76. The number of halogens is 1. The van der Waals surface area contributed by atoms with Crippen LogP contribution in [0.3, 0.4) is 0 Å². The number of hydrogen-bond donors (Lipinski definition) is 0. The summed E-state index contributed by atoms with van der Waals surface area (Å²) in [7, 11) is -0.321. The van der Waals surface area contributed by atoms with Gasteiger partial charge in [-0.05, 0) is 76.1 Å². The SMILES string of the molecule is COc1ccc(C(OC[C@H]2O[C@@H](n3cc4c5c(ncnc53)N(C(=O)c3ccccc3)CCC4)[C@H](F)[C@@H]2O[P+](=O)[O-])(c2ccccc2)c2ccc(OC)cc2)cc1. The van der Waals surface area contributed by atoms with Gasteiger partial charge in [-0.3, -0.25) is 9.69 Å². The van der Waals surface area contributed by atoms with Crippen LogP contribution < -0.4 is 19.3 Å². The van der Waals surface area contributed by atoms with Gasteiger partial charge in [-0.1, -0.05) is 72.8 Å². The normalized spacial score (nSPS) is 19.8. The summed E-state index contributed by atoms with van der Waals surface area (Å²) in [5.41, 5.74) is 2.57. The van der Waals surface area contributed by atoms with Gasteiger partial charge in [-0.2, -0.15) is 0 Å². The zero-order valence-electron chi connectivity index (χ0n) is 30.6. The molecule has 0 aliphatic carbocycles. The molecule has 0 spiro atoms. The third kappa shape index (κ3) is 6.82. The minimum atomic E-state index is -3.48. The molecule has 12 nitrogen and oxygen atoms in total. The maximum Gasteiger partial charge on any atom is 0.488 e. The third-order valence-electron chi connectivity index (χ3n) is 10.4. The van der Waals surface area contributed by atoms with Crippen molar-refractivity contribution >= 4 is 31.0 Å². The first-order valence-corrected chi connectivity index (χ1v) is 19.2. The van der Waals surface area contributed by atoms with Crippen LogP contribution in [0.25, 0.3) is 11.0 Å². The molecule has 1 saturated heterocycles. The molecule has 1 fully saturated rings. The van der Waals surface area contributed by atoms with Gasteiger partial charge < -0.3 is 28.4 Å². The van der Waals surface area contributed by atoms with E-state index in [1.54, 1.807) is 54.1 Å². The van der Waals surface area contributed by atoms with Crippen molar-refractivity contribution in [3.8, 4) is 11.5 Å². The molecule has 56 heavy (non-hydrogen) atoms. The number of carbonyl (C=O) groups excluding carboxylic acids is 1. The minimum Gasteiger partial charge on any atom is -0.566 e. The zero-order chi connectivity index (χ0) is 38.8. The Kier molecular flexibility index (Phi) is 10.6. The Morgan fingerprint density at radius 2 is 1.50 bits per heavy atom. The highest BCUT2D eigenvalue weighted by atomic mass is 31.1. The van der Waals surface area contributed by atoms with Crippen LogP contribution in [-0.2, 0) is 30.6 Å². The summed E-state index contributed by atoms with van der Waals surface area (Å²) < 4.78 is 60.1. The highest BCUT2D eigenvalue weighted by Crippen LogP contribution is 2.45. The maximum absolute atomic E-state index is 16.8. The Morgan fingerprint density at radius 3 is 2.11 bits per heavy atom. The average molecular weight is 777 g/mol. The molecule has 1 unspecified atom stereocenters. The average Bonchev–Trinajstić information content (AvgIpc) is 3.68. The predicted octanol–water partition coefficient (Wildman–Crippen LogP) is 6.69. The summed E-state index contributed by atoms with van der Waals surface area (Å²) in [5, 5.41) is 0.597. The quantitative estimate of drug-likeness (QED) is 0.0977. The number of hydrogen-bond acceptors (Lipinski definition) is 10. The lowest BCUT2D eigenvalue weighted by Gasteiger charge is -2.37. The Bertz CT molecular complexity index is 2280. The van der Waals surface area contributed by atoms with Crippen LogP contribution in [0.5, 0.6) is 11.5 Å². The molecule has 286 valence electrons. The molecule has 2 aromatic heterocycles. The molecule has 8 rings (SSSR count). The number of carbonyl (C=O) groups is 1. The monoisotopic (exact) mass is 776 g/mol. The number of nitrogens with zero attached hydrogens (tertiary/aromatic N) is 4. The fourth-order valence-corrected chi connectivity index (χ4v) is 8.21. The summed E-state index contributed by atoms with van der Waals surface area (Å²) in [4.78, 5) is 36.5. The van der Waals surface area contributed by atoms with Gasteiger partial charge in [0.15, 0.2) is 18.5 Å². The molecule has 4 heterocycles. The zero-order valence-corrected chi connectivity index (χ0v) is 31.5. The number of alkyl halides is 1. The summed E-state index contributed by atoms with van der Waals surface area (Å²) in [6.07, 6.45) is -1.81. The largest absolute Gasteiger partial charge is 0.566 e. The van der Waals surface area contributed by atoms with Crippen molar-refractivity contribution in [1.29, 1.82) is 0 Å².